The van der Waals surface area contributed by atoms with Crippen molar-refractivity contribution in [2.45, 2.75) is 0 Å². The normalized spacial score (nSPS) is 10.4. The van der Waals surface area contributed by atoms with Crippen molar-refractivity contribution in [3.63, 3.8) is 0 Å². The molecule has 2 aromatic heterocycles. The molecule has 0 atom stereocenters. The number of para-hydroxylation sites is 1. The summed E-state index contributed by atoms with van der Waals surface area (Å²) in [4.78, 5) is 20.1. The Morgan fingerprint density at radius 1 is 1.16 bits per heavy atom. The summed E-state index contributed by atoms with van der Waals surface area (Å²) in [5, 5.41) is 6.92. The molecule has 0 spiro atoms. The van der Waals surface area contributed by atoms with Gasteiger partial charge in [-0.2, -0.15) is 0 Å². The van der Waals surface area contributed by atoms with Crippen LogP contribution in [0, 0.1) is 0 Å². The van der Waals surface area contributed by atoms with E-state index < -0.39 is 6.09 Å². The van der Waals surface area contributed by atoms with Crippen LogP contribution in [0.5, 0.6) is 5.88 Å². The Bertz CT molecular complexity index is 902. The lowest BCUT2D eigenvalue weighted by molar-refractivity contribution is 0.214. The van der Waals surface area contributed by atoms with E-state index in [1.54, 1.807) is 36.4 Å². The molecule has 1 amide bonds. The van der Waals surface area contributed by atoms with E-state index in [1.807, 2.05) is 0 Å². The fourth-order valence-corrected chi connectivity index (χ4v) is 3.26. The number of pyridine rings is 1. The number of amides is 1. The van der Waals surface area contributed by atoms with Crippen LogP contribution in [0.15, 0.2) is 46.5 Å². The number of thiazole rings is 1. The molecule has 3 aromatic rings. The van der Waals surface area contributed by atoms with Gasteiger partial charge in [-0.05, 0) is 40.2 Å². The average Bonchev–Trinajstić information content (AvgIpc) is 2.98. The van der Waals surface area contributed by atoms with Crippen molar-refractivity contribution in [2.75, 3.05) is 10.6 Å². The first-order chi connectivity index (χ1) is 12.0. The molecule has 0 radical (unpaired) electrons. The summed E-state index contributed by atoms with van der Waals surface area (Å²) in [6, 6.07) is 10.2. The molecule has 1 aromatic carbocycles. The molecule has 6 nitrogen and oxygen atoms in total. The topological polar surface area (TPSA) is 76.1 Å². The SMILES string of the molecule is O=C(Nc1cccc(Br)n1)Oc1ncsc1Nc1c(Cl)cccc1Cl. The number of benzene rings is 1. The second-order valence-corrected chi connectivity index (χ2v) is 7.05. The van der Waals surface area contributed by atoms with Crippen molar-refractivity contribution < 1.29 is 9.53 Å². The van der Waals surface area contributed by atoms with Gasteiger partial charge in [0, 0.05) is 0 Å². The van der Waals surface area contributed by atoms with Crippen LogP contribution in [-0.4, -0.2) is 16.1 Å². The van der Waals surface area contributed by atoms with Crippen LogP contribution in [0.4, 0.5) is 21.3 Å². The number of halogens is 3. The van der Waals surface area contributed by atoms with E-state index in [1.165, 1.54) is 16.8 Å². The molecule has 0 fully saturated rings. The van der Waals surface area contributed by atoms with E-state index >= 15 is 0 Å². The first-order valence-electron chi connectivity index (χ1n) is 6.79. The summed E-state index contributed by atoms with van der Waals surface area (Å²) < 4.78 is 5.82. The van der Waals surface area contributed by atoms with Gasteiger partial charge in [0.1, 0.15) is 10.4 Å². The minimum Gasteiger partial charge on any atom is -0.388 e. The monoisotopic (exact) mass is 458 g/mol. The van der Waals surface area contributed by atoms with Gasteiger partial charge in [-0.25, -0.2) is 14.8 Å². The molecular weight excluding hydrogens is 451 g/mol. The van der Waals surface area contributed by atoms with Gasteiger partial charge in [-0.15, -0.1) is 11.3 Å². The van der Waals surface area contributed by atoms with E-state index in [0.717, 1.165) is 0 Å². The highest BCUT2D eigenvalue weighted by molar-refractivity contribution is 9.10. The first kappa shape index (κ1) is 17.9. The molecule has 10 heteroatoms. The number of rotatable bonds is 4. The molecule has 0 unspecified atom stereocenters. The van der Waals surface area contributed by atoms with Gasteiger partial charge in [0.25, 0.3) is 5.88 Å². The second-order valence-electron chi connectivity index (χ2n) is 4.57. The minimum atomic E-state index is -0.718. The van der Waals surface area contributed by atoms with E-state index in [9.17, 15) is 4.79 Å². The molecule has 3 rings (SSSR count). The summed E-state index contributed by atoms with van der Waals surface area (Å²) in [6.07, 6.45) is -0.718. The Labute approximate surface area is 165 Å². The van der Waals surface area contributed by atoms with Gasteiger partial charge in [-0.1, -0.05) is 35.3 Å². The van der Waals surface area contributed by atoms with Gasteiger partial charge in [0.05, 0.1) is 21.2 Å². The van der Waals surface area contributed by atoms with Gasteiger partial charge >= 0.3 is 6.09 Å². The first-order valence-corrected chi connectivity index (χ1v) is 9.21. The molecule has 2 N–H and O–H groups in total. The quantitative estimate of drug-likeness (QED) is 0.470. The van der Waals surface area contributed by atoms with E-state index in [-0.39, 0.29) is 5.88 Å². The summed E-state index contributed by atoms with van der Waals surface area (Å²) >= 11 is 16.7. The van der Waals surface area contributed by atoms with Gasteiger partial charge in [0.15, 0.2) is 5.00 Å². The largest absolute Gasteiger partial charge is 0.419 e. The summed E-state index contributed by atoms with van der Waals surface area (Å²) in [7, 11) is 0. The maximum Gasteiger partial charge on any atom is 0.419 e. The van der Waals surface area contributed by atoms with Crippen molar-refractivity contribution in [3.8, 4) is 5.88 Å². The Morgan fingerprint density at radius 2 is 1.88 bits per heavy atom. The molecule has 0 saturated heterocycles. The minimum absolute atomic E-state index is 0.105. The van der Waals surface area contributed by atoms with E-state index in [2.05, 4.69) is 36.5 Å². The Morgan fingerprint density at radius 3 is 2.60 bits per heavy atom. The molecule has 0 aliphatic heterocycles. The number of carbonyl (C=O) groups is 1. The van der Waals surface area contributed by atoms with Crippen LogP contribution in [0.2, 0.25) is 10.0 Å². The summed E-state index contributed by atoms with van der Waals surface area (Å²) in [5.41, 5.74) is 2.04. The molecule has 2 heterocycles. The maximum absolute atomic E-state index is 12.0. The Hall–Kier alpha value is -1.87. The van der Waals surface area contributed by atoms with E-state index in [0.29, 0.717) is 31.2 Å². The third kappa shape index (κ3) is 4.60. The average molecular weight is 460 g/mol. The fraction of sp³-hybridized carbons (Fsp3) is 0. The lowest BCUT2D eigenvalue weighted by Gasteiger charge is -2.10. The van der Waals surface area contributed by atoms with Crippen LogP contribution in [0.3, 0.4) is 0 Å². The number of nitrogens with zero attached hydrogens (tertiary/aromatic N) is 2. The van der Waals surface area contributed by atoms with Gasteiger partial charge in [0.2, 0.25) is 0 Å². The van der Waals surface area contributed by atoms with Crippen LogP contribution in [-0.2, 0) is 0 Å². The van der Waals surface area contributed by atoms with Gasteiger partial charge in [-0.3, -0.25) is 5.32 Å². The number of aromatic nitrogens is 2. The Balaban J connectivity index is 1.72. The smallest absolute Gasteiger partial charge is 0.388 e. The van der Waals surface area contributed by atoms with Crippen LogP contribution in [0.1, 0.15) is 0 Å². The third-order valence-corrected chi connectivity index (χ3v) is 4.67. The summed E-state index contributed by atoms with van der Waals surface area (Å²) in [5.74, 6) is 0.451. The van der Waals surface area contributed by atoms with Gasteiger partial charge < -0.3 is 10.1 Å². The molecule has 0 bridgehead atoms. The number of carbonyl (C=O) groups excluding carboxylic acids is 1. The lowest BCUT2D eigenvalue weighted by Crippen LogP contribution is -2.18. The number of nitrogens with one attached hydrogen (secondary N) is 2. The zero-order chi connectivity index (χ0) is 17.8. The fourth-order valence-electron chi connectivity index (χ4n) is 1.82. The maximum atomic E-state index is 12.0. The number of hydrogen-bond acceptors (Lipinski definition) is 6. The zero-order valence-corrected chi connectivity index (χ0v) is 16.2. The molecule has 128 valence electrons. The van der Waals surface area contributed by atoms with Crippen molar-refractivity contribution in [1.82, 2.24) is 9.97 Å². The van der Waals surface area contributed by atoms with Crippen molar-refractivity contribution in [1.29, 1.82) is 0 Å². The van der Waals surface area contributed by atoms with E-state index in [4.69, 9.17) is 27.9 Å². The molecule has 0 saturated carbocycles. The Kier molecular flexibility index (Phi) is 5.74. The third-order valence-electron chi connectivity index (χ3n) is 2.87. The van der Waals surface area contributed by atoms with Crippen LogP contribution in [0.25, 0.3) is 0 Å². The number of hydrogen-bond donors (Lipinski definition) is 2. The number of ether oxygens (including phenoxy) is 1. The predicted molar refractivity (Wildman–Crippen MR) is 103 cm³/mol. The zero-order valence-electron chi connectivity index (χ0n) is 12.3. The lowest BCUT2D eigenvalue weighted by atomic mass is 10.3. The standard InChI is InChI=1S/C15H9BrCl2N4O2S/c16-10-5-2-6-11(20-10)21-15(23)24-13-14(25-7-19-13)22-12-8(17)3-1-4-9(12)18/h1-7,22H,(H,20,21,23). The highest BCUT2D eigenvalue weighted by atomic mass is 79.9. The van der Waals surface area contributed by atoms with Crippen LogP contribution < -0.4 is 15.4 Å². The molecular formula is C15H9BrCl2N4O2S. The van der Waals surface area contributed by atoms with Crippen molar-refractivity contribution in [2.24, 2.45) is 0 Å². The predicted octanol–water partition coefficient (Wildman–Crippen LogP) is 5.96. The molecule has 25 heavy (non-hydrogen) atoms. The highest BCUT2D eigenvalue weighted by Gasteiger charge is 2.15. The summed E-state index contributed by atoms with van der Waals surface area (Å²) in [6.45, 7) is 0. The van der Waals surface area contributed by atoms with Crippen molar-refractivity contribution in [3.05, 3.63) is 56.6 Å². The molecule has 0 aliphatic rings. The highest BCUT2D eigenvalue weighted by Crippen LogP contribution is 2.37. The second kappa shape index (κ2) is 8.01. The molecule has 0 aliphatic carbocycles. The number of anilines is 3. The van der Waals surface area contributed by atoms with Crippen molar-refractivity contribution >= 4 is 73.1 Å². The van der Waals surface area contributed by atoms with Crippen LogP contribution >= 0.6 is 50.5 Å².